The number of thiophene rings is 1. The summed E-state index contributed by atoms with van der Waals surface area (Å²) in [6.45, 7) is 2.22. The molecule has 0 N–H and O–H groups in total. The van der Waals surface area contributed by atoms with Gasteiger partial charge >= 0.3 is 0 Å². The van der Waals surface area contributed by atoms with Gasteiger partial charge in [0.2, 0.25) is 0 Å². The average Bonchev–Trinajstić information content (AvgIpc) is 3.15. The van der Waals surface area contributed by atoms with Gasteiger partial charge in [-0.15, -0.1) is 11.3 Å². The maximum Gasteiger partial charge on any atom is 0.0951 e. The first-order chi connectivity index (χ1) is 9.83. The number of hydrogen-bond donors (Lipinski definition) is 0. The summed E-state index contributed by atoms with van der Waals surface area (Å²) in [4.78, 5) is 5.51. The number of rotatable bonds is 2. The molecule has 2 aromatic heterocycles. The van der Waals surface area contributed by atoms with Crippen LogP contribution in [0.3, 0.4) is 0 Å². The number of hydrogen-bond acceptors (Lipinski definition) is 2. The minimum atomic E-state index is 0.327. The molecule has 0 bridgehead atoms. The molecule has 0 aliphatic heterocycles. The van der Waals surface area contributed by atoms with Gasteiger partial charge in [0.05, 0.1) is 12.4 Å². The summed E-state index contributed by atoms with van der Waals surface area (Å²) in [5, 5.41) is 3.98. The van der Waals surface area contributed by atoms with Crippen molar-refractivity contribution < 1.29 is 0 Å². The van der Waals surface area contributed by atoms with E-state index in [9.17, 15) is 0 Å². The summed E-state index contributed by atoms with van der Waals surface area (Å²) in [6.07, 6.45) is 5.74. The van der Waals surface area contributed by atoms with E-state index in [2.05, 4.69) is 58.9 Å². The third-order valence-corrected chi connectivity index (χ3v) is 5.17. The lowest BCUT2D eigenvalue weighted by molar-refractivity contribution is 0.650. The van der Waals surface area contributed by atoms with Gasteiger partial charge in [0.1, 0.15) is 0 Å². The number of imidazole rings is 1. The van der Waals surface area contributed by atoms with Crippen LogP contribution in [0.5, 0.6) is 0 Å². The van der Waals surface area contributed by atoms with Gasteiger partial charge in [0, 0.05) is 22.0 Å². The van der Waals surface area contributed by atoms with Gasteiger partial charge in [-0.25, -0.2) is 4.98 Å². The van der Waals surface area contributed by atoms with Gasteiger partial charge < -0.3 is 4.57 Å². The molecular formula is C17H14N2S. The van der Waals surface area contributed by atoms with E-state index in [0.29, 0.717) is 6.04 Å². The Kier molecular flexibility index (Phi) is 2.60. The highest BCUT2D eigenvalue weighted by molar-refractivity contribution is 7.20. The van der Waals surface area contributed by atoms with E-state index in [-0.39, 0.29) is 0 Å². The van der Waals surface area contributed by atoms with Crippen LogP contribution in [-0.4, -0.2) is 9.55 Å². The van der Waals surface area contributed by atoms with Crippen LogP contribution in [0, 0.1) is 0 Å². The van der Waals surface area contributed by atoms with Gasteiger partial charge in [-0.05, 0) is 29.1 Å². The second-order valence-electron chi connectivity index (χ2n) is 5.04. The summed E-state index contributed by atoms with van der Waals surface area (Å²) >= 11 is 1.88. The zero-order chi connectivity index (χ0) is 13.5. The van der Waals surface area contributed by atoms with Crippen LogP contribution < -0.4 is 0 Å². The van der Waals surface area contributed by atoms with Crippen molar-refractivity contribution in [2.24, 2.45) is 0 Å². The van der Waals surface area contributed by atoms with Crippen LogP contribution in [0.15, 0.2) is 61.2 Å². The van der Waals surface area contributed by atoms with E-state index >= 15 is 0 Å². The molecule has 0 spiro atoms. The third-order valence-electron chi connectivity index (χ3n) is 3.81. The zero-order valence-electron chi connectivity index (χ0n) is 11.2. The fourth-order valence-corrected chi connectivity index (χ4v) is 3.89. The van der Waals surface area contributed by atoms with Crippen molar-refractivity contribution in [1.29, 1.82) is 0 Å². The molecule has 2 aromatic carbocycles. The standard InChI is InChI=1S/C17H14N2S/c1-12(19-9-8-18-11-19)16-10-14-7-6-13-4-2-3-5-15(13)17(14)20-16/h2-12H,1H3. The van der Waals surface area contributed by atoms with Gasteiger partial charge in [-0.1, -0.05) is 36.4 Å². The molecule has 2 heterocycles. The molecule has 2 nitrogen and oxygen atoms in total. The zero-order valence-corrected chi connectivity index (χ0v) is 12.0. The number of benzene rings is 2. The predicted octanol–water partition coefficient (Wildman–Crippen LogP) is 4.86. The Morgan fingerprint density at radius 3 is 2.80 bits per heavy atom. The molecule has 1 unspecified atom stereocenters. The molecule has 1 atom stereocenters. The van der Waals surface area contributed by atoms with Crippen LogP contribution >= 0.6 is 11.3 Å². The third kappa shape index (κ3) is 1.74. The summed E-state index contributed by atoms with van der Waals surface area (Å²) in [5.41, 5.74) is 0. The van der Waals surface area contributed by atoms with Crippen molar-refractivity contribution in [3.05, 3.63) is 66.1 Å². The Labute approximate surface area is 121 Å². The second kappa shape index (κ2) is 4.46. The van der Waals surface area contributed by atoms with Crippen LogP contribution in [0.25, 0.3) is 20.9 Å². The van der Waals surface area contributed by atoms with Gasteiger partial charge in [-0.2, -0.15) is 0 Å². The molecule has 0 saturated heterocycles. The van der Waals surface area contributed by atoms with Crippen LogP contribution in [0.2, 0.25) is 0 Å². The topological polar surface area (TPSA) is 17.8 Å². The highest BCUT2D eigenvalue weighted by Gasteiger charge is 2.12. The molecule has 0 fully saturated rings. The average molecular weight is 278 g/mol. The van der Waals surface area contributed by atoms with E-state index in [1.54, 1.807) is 0 Å². The molecule has 0 aliphatic rings. The molecule has 0 amide bonds. The molecule has 0 radical (unpaired) electrons. The smallest absolute Gasteiger partial charge is 0.0951 e. The van der Waals surface area contributed by atoms with E-state index in [0.717, 1.165) is 0 Å². The molecule has 4 rings (SSSR count). The lowest BCUT2D eigenvalue weighted by Crippen LogP contribution is -2.01. The number of nitrogens with zero attached hydrogens (tertiary/aromatic N) is 2. The Morgan fingerprint density at radius 1 is 1.10 bits per heavy atom. The van der Waals surface area contributed by atoms with E-state index in [1.807, 2.05) is 30.1 Å². The maximum atomic E-state index is 4.14. The van der Waals surface area contributed by atoms with E-state index in [4.69, 9.17) is 0 Å². The van der Waals surface area contributed by atoms with E-state index < -0.39 is 0 Å². The first kappa shape index (κ1) is 11.7. The maximum absolute atomic E-state index is 4.14. The van der Waals surface area contributed by atoms with Gasteiger partial charge in [-0.3, -0.25) is 0 Å². The first-order valence-corrected chi connectivity index (χ1v) is 7.53. The largest absolute Gasteiger partial charge is 0.329 e. The second-order valence-corrected chi connectivity index (χ2v) is 6.12. The molecule has 98 valence electrons. The fraction of sp³-hybridized carbons (Fsp3) is 0.118. The highest BCUT2D eigenvalue weighted by Crippen LogP contribution is 2.36. The monoisotopic (exact) mass is 278 g/mol. The van der Waals surface area contributed by atoms with Crippen molar-refractivity contribution >= 4 is 32.2 Å². The summed E-state index contributed by atoms with van der Waals surface area (Å²) in [6, 6.07) is 15.6. The van der Waals surface area contributed by atoms with Crippen molar-refractivity contribution in [3.8, 4) is 0 Å². The summed E-state index contributed by atoms with van der Waals surface area (Å²) in [5.74, 6) is 0. The highest BCUT2D eigenvalue weighted by atomic mass is 32.1. The van der Waals surface area contributed by atoms with E-state index in [1.165, 1.54) is 25.7 Å². The quantitative estimate of drug-likeness (QED) is 0.512. The van der Waals surface area contributed by atoms with Crippen LogP contribution in [0.1, 0.15) is 17.8 Å². The summed E-state index contributed by atoms with van der Waals surface area (Å²) in [7, 11) is 0. The molecule has 4 aromatic rings. The minimum absolute atomic E-state index is 0.327. The molecule has 3 heteroatoms. The lowest BCUT2D eigenvalue weighted by atomic mass is 10.1. The molecule has 0 aliphatic carbocycles. The van der Waals surface area contributed by atoms with Crippen molar-refractivity contribution in [2.75, 3.05) is 0 Å². The first-order valence-electron chi connectivity index (χ1n) is 6.71. The Morgan fingerprint density at radius 2 is 1.95 bits per heavy atom. The number of fused-ring (bicyclic) bond motifs is 3. The Hall–Kier alpha value is -2.13. The van der Waals surface area contributed by atoms with Crippen LogP contribution in [0.4, 0.5) is 0 Å². The van der Waals surface area contributed by atoms with Crippen molar-refractivity contribution in [1.82, 2.24) is 9.55 Å². The predicted molar refractivity (Wildman–Crippen MR) is 85.4 cm³/mol. The fourth-order valence-electron chi connectivity index (χ4n) is 2.64. The lowest BCUT2D eigenvalue weighted by Gasteiger charge is -2.09. The minimum Gasteiger partial charge on any atom is -0.329 e. The Bertz CT molecular complexity index is 874. The molecule has 20 heavy (non-hydrogen) atoms. The SMILES string of the molecule is CC(c1cc2ccc3ccccc3c2s1)n1ccnc1. The van der Waals surface area contributed by atoms with Crippen LogP contribution in [-0.2, 0) is 0 Å². The molecular weight excluding hydrogens is 264 g/mol. The van der Waals surface area contributed by atoms with Crippen molar-refractivity contribution in [3.63, 3.8) is 0 Å². The van der Waals surface area contributed by atoms with Crippen molar-refractivity contribution in [2.45, 2.75) is 13.0 Å². The normalized spacial score (nSPS) is 13.1. The summed E-state index contributed by atoms with van der Waals surface area (Å²) < 4.78 is 3.53. The Balaban J connectivity index is 1.92. The van der Waals surface area contributed by atoms with Gasteiger partial charge in [0.15, 0.2) is 0 Å². The van der Waals surface area contributed by atoms with Gasteiger partial charge in [0.25, 0.3) is 0 Å². The number of aromatic nitrogens is 2. The molecule has 0 saturated carbocycles.